The summed E-state index contributed by atoms with van der Waals surface area (Å²) in [6.07, 6.45) is 5.05. The molecule has 1 aromatic heterocycles. The molecule has 0 radical (unpaired) electrons. The molecule has 1 unspecified atom stereocenters. The first kappa shape index (κ1) is 20.1. The maximum Gasteiger partial charge on any atom is 0.243 e. The molecule has 2 aromatic rings. The second-order valence-electron chi connectivity index (χ2n) is 7.60. The molecule has 8 heteroatoms. The zero-order chi connectivity index (χ0) is 20.6. The molecule has 6 nitrogen and oxygen atoms in total. The standard InChI is InChI=1S/C21H23N3O3S2/c1-14-8-10-15(11-9-14)29(26,27)24-12-4-6-18(24)20(25)23-21-17(13-22)16-5-2-3-7-19(16)28-21/h8-11,18H,2-7,12H2,1H3,(H,23,25). The number of benzene rings is 1. The highest BCUT2D eigenvalue weighted by atomic mass is 32.2. The van der Waals surface area contributed by atoms with E-state index >= 15 is 0 Å². The molecule has 1 fully saturated rings. The Morgan fingerprint density at radius 3 is 2.66 bits per heavy atom. The Hall–Kier alpha value is -2.21. The van der Waals surface area contributed by atoms with Crippen LogP contribution >= 0.6 is 11.3 Å². The molecule has 1 aliphatic heterocycles. The Morgan fingerprint density at radius 2 is 1.93 bits per heavy atom. The molecule has 0 saturated carbocycles. The van der Waals surface area contributed by atoms with Crippen LogP contribution in [-0.4, -0.2) is 31.2 Å². The van der Waals surface area contributed by atoms with Gasteiger partial charge in [0.2, 0.25) is 15.9 Å². The van der Waals surface area contributed by atoms with Crippen molar-refractivity contribution in [2.75, 3.05) is 11.9 Å². The number of carbonyl (C=O) groups excluding carboxylic acids is 1. The lowest BCUT2D eigenvalue weighted by Crippen LogP contribution is -2.43. The third-order valence-electron chi connectivity index (χ3n) is 5.65. The van der Waals surface area contributed by atoms with Crippen molar-refractivity contribution in [1.29, 1.82) is 5.26 Å². The van der Waals surface area contributed by atoms with Gasteiger partial charge in [-0.1, -0.05) is 17.7 Å². The van der Waals surface area contributed by atoms with Crippen LogP contribution in [0.25, 0.3) is 0 Å². The van der Waals surface area contributed by atoms with Crippen molar-refractivity contribution in [2.24, 2.45) is 0 Å². The van der Waals surface area contributed by atoms with Crippen molar-refractivity contribution in [1.82, 2.24) is 4.31 Å². The van der Waals surface area contributed by atoms with E-state index in [0.717, 1.165) is 36.8 Å². The first-order valence-electron chi connectivity index (χ1n) is 9.86. The van der Waals surface area contributed by atoms with E-state index in [-0.39, 0.29) is 10.8 Å². The van der Waals surface area contributed by atoms with Gasteiger partial charge >= 0.3 is 0 Å². The molecule has 29 heavy (non-hydrogen) atoms. The summed E-state index contributed by atoms with van der Waals surface area (Å²) in [6, 6.07) is 8.16. The summed E-state index contributed by atoms with van der Waals surface area (Å²) in [5.74, 6) is -0.353. The number of fused-ring (bicyclic) bond motifs is 1. The van der Waals surface area contributed by atoms with Crippen LogP contribution in [-0.2, 0) is 27.7 Å². The molecule has 1 aliphatic carbocycles. The number of nitriles is 1. The van der Waals surface area contributed by atoms with Crippen molar-refractivity contribution < 1.29 is 13.2 Å². The van der Waals surface area contributed by atoms with E-state index in [1.54, 1.807) is 24.3 Å². The van der Waals surface area contributed by atoms with E-state index in [0.29, 0.717) is 30.0 Å². The second-order valence-corrected chi connectivity index (χ2v) is 10.6. The summed E-state index contributed by atoms with van der Waals surface area (Å²) >= 11 is 1.46. The third-order valence-corrected chi connectivity index (χ3v) is 8.78. The van der Waals surface area contributed by atoms with E-state index in [2.05, 4.69) is 11.4 Å². The Morgan fingerprint density at radius 1 is 1.21 bits per heavy atom. The van der Waals surface area contributed by atoms with E-state index in [4.69, 9.17) is 0 Å². The summed E-state index contributed by atoms with van der Waals surface area (Å²) in [5.41, 5.74) is 2.57. The number of hydrogen-bond acceptors (Lipinski definition) is 5. The summed E-state index contributed by atoms with van der Waals surface area (Å²) in [7, 11) is -3.75. The fourth-order valence-corrected chi connectivity index (χ4v) is 7.00. The van der Waals surface area contributed by atoms with Crippen LogP contribution in [0, 0.1) is 18.3 Å². The Balaban J connectivity index is 1.58. The summed E-state index contributed by atoms with van der Waals surface area (Å²) in [5, 5.41) is 13.0. The van der Waals surface area contributed by atoms with E-state index in [1.807, 2.05) is 6.92 Å². The molecule has 1 atom stereocenters. The topological polar surface area (TPSA) is 90.3 Å². The van der Waals surface area contributed by atoms with Gasteiger partial charge in [0.15, 0.2) is 0 Å². The molecular weight excluding hydrogens is 406 g/mol. The van der Waals surface area contributed by atoms with Crippen LogP contribution < -0.4 is 5.32 Å². The van der Waals surface area contributed by atoms with Crippen LogP contribution in [0.2, 0.25) is 0 Å². The Bertz CT molecular complexity index is 1080. The lowest BCUT2D eigenvalue weighted by molar-refractivity contribution is -0.119. The van der Waals surface area contributed by atoms with Crippen LogP contribution in [0.3, 0.4) is 0 Å². The Labute approximate surface area is 175 Å². The molecule has 2 heterocycles. The maximum absolute atomic E-state index is 13.1. The number of sulfonamides is 1. The molecule has 1 amide bonds. The third kappa shape index (κ3) is 3.70. The number of aryl methyl sites for hydroxylation is 2. The van der Waals surface area contributed by atoms with Crippen LogP contribution in [0.1, 0.15) is 47.3 Å². The fourth-order valence-electron chi connectivity index (χ4n) is 4.10. The minimum Gasteiger partial charge on any atom is -0.315 e. The minimum atomic E-state index is -3.75. The monoisotopic (exact) mass is 429 g/mol. The SMILES string of the molecule is Cc1ccc(S(=O)(=O)N2CCCC2C(=O)Nc2sc3c(c2C#N)CCCC3)cc1. The molecule has 0 spiro atoms. The van der Waals surface area contributed by atoms with Gasteiger partial charge in [-0.05, 0) is 63.1 Å². The van der Waals surface area contributed by atoms with Crippen molar-refractivity contribution in [3.05, 3.63) is 45.8 Å². The number of rotatable bonds is 4. The molecule has 2 aliphatic rings. The van der Waals surface area contributed by atoms with Crippen LogP contribution in [0.15, 0.2) is 29.2 Å². The molecule has 152 valence electrons. The number of thiophene rings is 1. The van der Waals surface area contributed by atoms with Gasteiger partial charge in [-0.2, -0.15) is 9.57 Å². The average molecular weight is 430 g/mol. The average Bonchev–Trinajstić information content (AvgIpc) is 3.33. The molecule has 4 rings (SSSR count). The summed E-state index contributed by atoms with van der Waals surface area (Å²) < 4.78 is 27.5. The normalized spacial score (nSPS) is 19.5. The lowest BCUT2D eigenvalue weighted by atomic mass is 9.96. The van der Waals surface area contributed by atoms with Crippen molar-refractivity contribution in [2.45, 2.75) is 56.4 Å². The van der Waals surface area contributed by atoms with Gasteiger partial charge in [-0.3, -0.25) is 4.79 Å². The van der Waals surface area contributed by atoms with Gasteiger partial charge in [0, 0.05) is 11.4 Å². The van der Waals surface area contributed by atoms with Gasteiger partial charge in [0.05, 0.1) is 10.5 Å². The largest absolute Gasteiger partial charge is 0.315 e. The van der Waals surface area contributed by atoms with E-state index in [1.165, 1.54) is 20.5 Å². The second kappa shape index (κ2) is 7.90. The zero-order valence-corrected chi connectivity index (χ0v) is 17.9. The minimum absolute atomic E-state index is 0.201. The van der Waals surface area contributed by atoms with Gasteiger partial charge in [0.1, 0.15) is 17.1 Å². The highest BCUT2D eigenvalue weighted by Crippen LogP contribution is 2.38. The predicted molar refractivity (Wildman–Crippen MR) is 112 cm³/mol. The first-order valence-corrected chi connectivity index (χ1v) is 12.1. The number of hydrogen-bond donors (Lipinski definition) is 1. The van der Waals surface area contributed by atoms with Crippen molar-refractivity contribution in [3.8, 4) is 6.07 Å². The number of nitrogens with zero attached hydrogens (tertiary/aromatic N) is 2. The number of nitrogens with one attached hydrogen (secondary N) is 1. The van der Waals surface area contributed by atoms with E-state index in [9.17, 15) is 18.5 Å². The highest BCUT2D eigenvalue weighted by molar-refractivity contribution is 7.89. The maximum atomic E-state index is 13.1. The molecule has 1 saturated heterocycles. The molecular formula is C21H23N3O3S2. The van der Waals surface area contributed by atoms with Crippen LogP contribution in [0.5, 0.6) is 0 Å². The lowest BCUT2D eigenvalue weighted by Gasteiger charge is -2.23. The predicted octanol–water partition coefficient (Wildman–Crippen LogP) is 3.60. The summed E-state index contributed by atoms with van der Waals surface area (Å²) in [4.78, 5) is 14.4. The Kier molecular flexibility index (Phi) is 5.47. The number of carbonyl (C=O) groups is 1. The quantitative estimate of drug-likeness (QED) is 0.804. The molecule has 0 bridgehead atoms. The molecule has 1 N–H and O–H groups in total. The van der Waals surface area contributed by atoms with Gasteiger partial charge < -0.3 is 5.32 Å². The summed E-state index contributed by atoms with van der Waals surface area (Å²) in [6.45, 7) is 2.22. The van der Waals surface area contributed by atoms with Gasteiger partial charge in [0.25, 0.3) is 0 Å². The van der Waals surface area contributed by atoms with Gasteiger partial charge in [-0.25, -0.2) is 8.42 Å². The zero-order valence-electron chi connectivity index (χ0n) is 16.3. The first-order chi connectivity index (χ1) is 13.9. The van der Waals surface area contributed by atoms with E-state index < -0.39 is 16.1 Å². The molecule has 1 aromatic carbocycles. The van der Waals surface area contributed by atoms with Crippen LogP contribution in [0.4, 0.5) is 5.00 Å². The highest BCUT2D eigenvalue weighted by Gasteiger charge is 2.40. The number of amides is 1. The fraction of sp³-hybridized carbons (Fsp3) is 0.429. The van der Waals surface area contributed by atoms with Crippen molar-refractivity contribution in [3.63, 3.8) is 0 Å². The van der Waals surface area contributed by atoms with Gasteiger partial charge in [-0.15, -0.1) is 11.3 Å². The number of anilines is 1. The van der Waals surface area contributed by atoms with Crippen molar-refractivity contribution >= 4 is 32.3 Å². The smallest absolute Gasteiger partial charge is 0.243 e.